The average molecular weight is 286 g/mol. The normalized spacial score (nSPS) is 10.6. The fraction of sp³-hybridized carbons (Fsp3) is 0.0952. The molecule has 0 spiro atoms. The lowest BCUT2D eigenvalue weighted by molar-refractivity contribution is 0.862. The van der Waals surface area contributed by atoms with Crippen molar-refractivity contribution in [3.8, 4) is 0 Å². The predicted octanol–water partition coefficient (Wildman–Crippen LogP) is 5.31. The second kappa shape index (κ2) is 7.46. The molecular formula is C21H20N. The molecule has 0 aliphatic rings. The molecule has 3 aromatic rings. The molecule has 0 bridgehead atoms. The predicted molar refractivity (Wildman–Crippen MR) is 93.6 cm³/mol. The highest BCUT2D eigenvalue weighted by atomic mass is 14.9. The van der Waals surface area contributed by atoms with Gasteiger partial charge in [0.15, 0.2) is 0 Å². The Bertz CT molecular complexity index is 662. The lowest BCUT2D eigenvalue weighted by Gasteiger charge is -2.19. The molecule has 0 atom stereocenters. The first-order valence-corrected chi connectivity index (χ1v) is 7.69. The maximum Gasteiger partial charge on any atom is 0.0901 e. The number of rotatable bonds is 6. The van der Waals surface area contributed by atoms with Crippen LogP contribution in [0.4, 0.5) is 5.69 Å². The van der Waals surface area contributed by atoms with Crippen molar-refractivity contribution in [2.75, 3.05) is 5.32 Å². The summed E-state index contributed by atoms with van der Waals surface area (Å²) in [4.78, 5) is 0. The Balaban J connectivity index is 1.74. The minimum absolute atomic E-state index is 0.989. The third-order valence-electron chi connectivity index (χ3n) is 3.70. The third kappa shape index (κ3) is 3.98. The lowest BCUT2D eigenvalue weighted by Crippen LogP contribution is -2.12. The van der Waals surface area contributed by atoms with Crippen LogP contribution in [0.2, 0.25) is 0 Å². The minimum Gasteiger partial charge on any atom is -0.373 e. The Kier molecular flexibility index (Phi) is 4.88. The van der Waals surface area contributed by atoms with Crippen LogP contribution in [0.3, 0.4) is 0 Å². The summed E-state index contributed by atoms with van der Waals surface area (Å²) in [6, 6.07) is 32.8. The Morgan fingerprint density at radius 2 is 1.18 bits per heavy atom. The third-order valence-corrected chi connectivity index (χ3v) is 3.70. The fourth-order valence-electron chi connectivity index (χ4n) is 2.53. The van der Waals surface area contributed by atoms with E-state index in [0.29, 0.717) is 0 Å². The van der Waals surface area contributed by atoms with Crippen LogP contribution in [0, 0.1) is 6.04 Å². The molecule has 22 heavy (non-hydrogen) atoms. The molecule has 0 aliphatic heterocycles. The van der Waals surface area contributed by atoms with Gasteiger partial charge in [-0.2, -0.15) is 0 Å². The van der Waals surface area contributed by atoms with E-state index in [9.17, 15) is 0 Å². The minimum atomic E-state index is 0.989. The van der Waals surface area contributed by atoms with E-state index in [4.69, 9.17) is 0 Å². The Labute approximate surface area is 132 Å². The molecule has 1 radical (unpaired) electrons. The molecular weight excluding hydrogens is 266 g/mol. The maximum atomic E-state index is 3.58. The van der Waals surface area contributed by atoms with E-state index in [1.807, 2.05) is 6.07 Å². The SMILES string of the molecule is c1ccc(CC[C](Nc2ccccc2)c2ccccc2)cc1. The van der Waals surface area contributed by atoms with Crippen molar-refractivity contribution in [1.82, 2.24) is 0 Å². The van der Waals surface area contributed by atoms with Gasteiger partial charge in [0.1, 0.15) is 0 Å². The van der Waals surface area contributed by atoms with Crippen LogP contribution < -0.4 is 5.32 Å². The quantitative estimate of drug-likeness (QED) is 0.647. The highest BCUT2D eigenvalue weighted by Crippen LogP contribution is 2.23. The van der Waals surface area contributed by atoms with Gasteiger partial charge >= 0.3 is 0 Å². The van der Waals surface area contributed by atoms with Gasteiger partial charge in [-0.05, 0) is 36.1 Å². The fourth-order valence-corrected chi connectivity index (χ4v) is 2.53. The lowest BCUT2D eigenvalue weighted by atomic mass is 9.98. The van der Waals surface area contributed by atoms with Crippen LogP contribution in [0.25, 0.3) is 0 Å². The first kappa shape index (κ1) is 14.4. The van der Waals surface area contributed by atoms with E-state index >= 15 is 0 Å². The smallest absolute Gasteiger partial charge is 0.0901 e. The molecule has 1 N–H and O–H groups in total. The van der Waals surface area contributed by atoms with Crippen LogP contribution in [0.5, 0.6) is 0 Å². The van der Waals surface area contributed by atoms with Crippen LogP contribution >= 0.6 is 0 Å². The van der Waals surface area contributed by atoms with Crippen LogP contribution in [-0.4, -0.2) is 0 Å². The Morgan fingerprint density at radius 3 is 1.82 bits per heavy atom. The van der Waals surface area contributed by atoms with E-state index in [2.05, 4.69) is 90.2 Å². The summed E-state index contributed by atoms with van der Waals surface area (Å²) in [7, 11) is 0. The molecule has 1 heteroatoms. The van der Waals surface area contributed by atoms with Crippen molar-refractivity contribution in [2.45, 2.75) is 12.8 Å². The molecule has 3 rings (SSSR count). The summed E-state index contributed by atoms with van der Waals surface area (Å²) in [5.74, 6) is 0. The van der Waals surface area contributed by atoms with Gasteiger partial charge in [0.25, 0.3) is 0 Å². The largest absolute Gasteiger partial charge is 0.373 e. The molecule has 0 aromatic heterocycles. The van der Waals surface area contributed by atoms with Gasteiger partial charge in [-0.3, -0.25) is 0 Å². The highest BCUT2D eigenvalue weighted by molar-refractivity contribution is 5.51. The monoisotopic (exact) mass is 286 g/mol. The van der Waals surface area contributed by atoms with E-state index in [1.54, 1.807) is 0 Å². The van der Waals surface area contributed by atoms with Gasteiger partial charge in [-0.15, -0.1) is 0 Å². The molecule has 0 fully saturated rings. The topological polar surface area (TPSA) is 12.0 Å². The number of hydrogen-bond donors (Lipinski definition) is 1. The second-order valence-corrected chi connectivity index (χ2v) is 5.32. The van der Waals surface area contributed by atoms with Crippen molar-refractivity contribution in [3.63, 3.8) is 0 Å². The van der Waals surface area contributed by atoms with E-state index in [0.717, 1.165) is 18.5 Å². The molecule has 0 heterocycles. The van der Waals surface area contributed by atoms with Gasteiger partial charge in [0, 0.05) is 5.69 Å². The summed E-state index contributed by atoms with van der Waals surface area (Å²) < 4.78 is 0. The van der Waals surface area contributed by atoms with Crippen molar-refractivity contribution in [3.05, 3.63) is 108 Å². The van der Waals surface area contributed by atoms with Crippen molar-refractivity contribution < 1.29 is 0 Å². The van der Waals surface area contributed by atoms with Crippen LogP contribution in [0.1, 0.15) is 17.5 Å². The van der Waals surface area contributed by atoms with Gasteiger partial charge in [-0.25, -0.2) is 0 Å². The van der Waals surface area contributed by atoms with E-state index in [1.165, 1.54) is 17.2 Å². The second-order valence-electron chi connectivity index (χ2n) is 5.32. The van der Waals surface area contributed by atoms with E-state index in [-0.39, 0.29) is 0 Å². The zero-order chi connectivity index (χ0) is 15.0. The standard InChI is InChI=1S/C21H20N/c1-4-10-18(11-5-1)16-17-21(19-12-6-2-7-13-19)22-20-14-8-3-9-15-20/h1-15,22H,16-17H2. The molecule has 0 unspecified atom stereocenters. The molecule has 0 saturated carbocycles. The van der Waals surface area contributed by atoms with Gasteiger partial charge in [0.2, 0.25) is 0 Å². The first-order chi connectivity index (χ1) is 10.9. The van der Waals surface area contributed by atoms with Crippen molar-refractivity contribution in [1.29, 1.82) is 0 Å². The molecule has 0 amide bonds. The zero-order valence-corrected chi connectivity index (χ0v) is 12.6. The molecule has 3 aromatic carbocycles. The summed E-state index contributed by atoms with van der Waals surface area (Å²) in [5, 5.41) is 3.58. The highest BCUT2D eigenvalue weighted by Gasteiger charge is 2.12. The number of nitrogens with one attached hydrogen (secondary N) is 1. The molecule has 0 aliphatic carbocycles. The van der Waals surface area contributed by atoms with Gasteiger partial charge in [-0.1, -0.05) is 78.9 Å². The summed E-state index contributed by atoms with van der Waals surface area (Å²) in [6.07, 6.45) is 2.02. The first-order valence-electron chi connectivity index (χ1n) is 7.69. The van der Waals surface area contributed by atoms with Crippen LogP contribution in [-0.2, 0) is 6.42 Å². The number of para-hydroxylation sites is 1. The Hall–Kier alpha value is -2.54. The van der Waals surface area contributed by atoms with Gasteiger partial charge < -0.3 is 5.32 Å². The zero-order valence-electron chi connectivity index (χ0n) is 12.6. The summed E-state index contributed by atoms with van der Waals surface area (Å²) in [6.45, 7) is 0. The number of aryl methyl sites for hydroxylation is 1. The summed E-state index contributed by atoms with van der Waals surface area (Å²) >= 11 is 0. The Morgan fingerprint density at radius 1 is 0.636 bits per heavy atom. The molecule has 0 saturated heterocycles. The van der Waals surface area contributed by atoms with E-state index < -0.39 is 0 Å². The number of benzene rings is 3. The molecule has 109 valence electrons. The maximum absolute atomic E-state index is 3.58. The van der Waals surface area contributed by atoms with Crippen molar-refractivity contribution in [2.24, 2.45) is 0 Å². The number of hydrogen-bond acceptors (Lipinski definition) is 1. The van der Waals surface area contributed by atoms with Crippen molar-refractivity contribution >= 4 is 5.69 Å². The van der Waals surface area contributed by atoms with Gasteiger partial charge in [0.05, 0.1) is 6.04 Å². The molecule has 1 nitrogen and oxygen atoms in total. The average Bonchev–Trinajstić information content (AvgIpc) is 2.61. The summed E-state index contributed by atoms with van der Waals surface area (Å²) in [5.41, 5.74) is 3.75. The number of anilines is 1. The van der Waals surface area contributed by atoms with Crippen LogP contribution in [0.15, 0.2) is 91.0 Å².